The second kappa shape index (κ2) is 5.15. The summed E-state index contributed by atoms with van der Waals surface area (Å²) in [5.74, 6) is -1.22. The molecule has 1 N–H and O–H groups in total. The minimum Gasteiger partial charge on any atom is -0.481 e. The second-order valence-electron chi connectivity index (χ2n) is 4.06. The molecule has 1 atom stereocenters. The smallest absolute Gasteiger partial charge is 0.310 e. The van der Waals surface area contributed by atoms with Crippen molar-refractivity contribution in [2.24, 2.45) is 0 Å². The summed E-state index contributed by atoms with van der Waals surface area (Å²) in [5, 5.41) is 11.0. The number of aliphatic carboxylic acids is 1. The number of thiophene rings is 1. The van der Waals surface area contributed by atoms with Crippen molar-refractivity contribution in [3.63, 3.8) is 0 Å². The van der Waals surface area contributed by atoms with E-state index in [0.29, 0.717) is 0 Å². The molecule has 0 amide bonds. The molecule has 1 heterocycles. The van der Waals surface area contributed by atoms with Crippen molar-refractivity contribution in [3.05, 3.63) is 57.8 Å². The molecule has 0 aliphatic heterocycles. The summed E-state index contributed by atoms with van der Waals surface area (Å²) in [7, 11) is 0. The molecule has 17 heavy (non-hydrogen) atoms. The number of carboxylic acid groups (broad SMARTS) is 1. The first-order valence-electron chi connectivity index (χ1n) is 5.51. The Morgan fingerprint density at radius 1 is 1.29 bits per heavy atom. The quantitative estimate of drug-likeness (QED) is 0.896. The fourth-order valence-electron chi connectivity index (χ4n) is 1.68. The summed E-state index contributed by atoms with van der Waals surface area (Å²) in [5.41, 5.74) is 2.07. The van der Waals surface area contributed by atoms with Crippen molar-refractivity contribution in [2.45, 2.75) is 19.3 Å². The zero-order valence-corrected chi connectivity index (χ0v) is 10.4. The van der Waals surface area contributed by atoms with E-state index in [-0.39, 0.29) is 0 Å². The van der Waals surface area contributed by atoms with Gasteiger partial charge in [-0.1, -0.05) is 30.3 Å². The van der Waals surface area contributed by atoms with E-state index in [1.54, 1.807) is 18.3 Å². The molecule has 0 aliphatic carbocycles. The standard InChI is InChI=1S/C14H14O2S/c1-10(14(15)16)12-6-4-11(5-7-12)9-13-3-2-8-17-13/h2-8,10H,9H2,1H3,(H,15,16). The van der Waals surface area contributed by atoms with Crippen molar-refractivity contribution in [3.8, 4) is 0 Å². The SMILES string of the molecule is CC(C(=O)O)c1ccc(Cc2cccs2)cc1. The van der Waals surface area contributed by atoms with E-state index in [4.69, 9.17) is 5.11 Å². The van der Waals surface area contributed by atoms with Crippen molar-refractivity contribution in [1.82, 2.24) is 0 Å². The maximum absolute atomic E-state index is 10.8. The molecule has 3 heteroatoms. The Kier molecular flexibility index (Phi) is 3.59. The first-order valence-corrected chi connectivity index (χ1v) is 6.39. The van der Waals surface area contributed by atoms with Crippen LogP contribution in [-0.4, -0.2) is 11.1 Å². The first kappa shape index (κ1) is 11.9. The summed E-state index contributed by atoms with van der Waals surface area (Å²) in [6, 6.07) is 12.0. The van der Waals surface area contributed by atoms with Gasteiger partial charge in [-0.2, -0.15) is 0 Å². The molecule has 0 bridgehead atoms. The molecular weight excluding hydrogens is 232 g/mol. The van der Waals surface area contributed by atoms with Crippen LogP contribution in [0, 0.1) is 0 Å². The van der Waals surface area contributed by atoms with Crippen LogP contribution in [-0.2, 0) is 11.2 Å². The van der Waals surface area contributed by atoms with Crippen molar-refractivity contribution in [1.29, 1.82) is 0 Å². The maximum Gasteiger partial charge on any atom is 0.310 e. The normalized spacial score (nSPS) is 12.3. The lowest BCUT2D eigenvalue weighted by Gasteiger charge is -2.07. The lowest BCUT2D eigenvalue weighted by molar-refractivity contribution is -0.138. The minimum absolute atomic E-state index is 0.439. The molecule has 0 spiro atoms. The van der Waals surface area contributed by atoms with Gasteiger partial charge in [0.1, 0.15) is 0 Å². The van der Waals surface area contributed by atoms with Crippen LogP contribution in [0.3, 0.4) is 0 Å². The van der Waals surface area contributed by atoms with E-state index in [9.17, 15) is 4.79 Å². The molecule has 88 valence electrons. The summed E-state index contributed by atoms with van der Waals surface area (Å²) >= 11 is 1.74. The van der Waals surface area contributed by atoms with Crippen LogP contribution in [0.5, 0.6) is 0 Å². The van der Waals surface area contributed by atoms with Crippen LogP contribution >= 0.6 is 11.3 Å². The number of carbonyl (C=O) groups is 1. The number of hydrogen-bond acceptors (Lipinski definition) is 2. The average Bonchev–Trinajstić information content (AvgIpc) is 2.82. The number of hydrogen-bond donors (Lipinski definition) is 1. The van der Waals surface area contributed by atoms with Crippen LogP contribution in [0.4, 0.5) is 0 Å². The molecule has 1 unspecified atom stereocenters. The Balaban J connectivity index is 2.10. The highest BCUT2D eigenvalue weighted by Gasteiger charge is 2.12. The van der Waals surface area contributed by atoms with Crippen molar-refractivity contribution < 1.29 is 9.90 Å². The molecule has 0 fully saturated rings. The van der Waals surface area contributed by atoms with Crippen molar-refractivity contribution in [2.75, 3.05) is 0 Å². The van der Waals surface area contributed by atoms with E-state index in [0.717, 1.165) is 12.0 Å². The molecular formula is C14H14O2S. The van der Waals surface area contributed by atoms with Gasteiger partial charge >= 0.3 is 5.97 Å². The molecule has 2 rings (SSSR count). The van der Waals surface area contributed by atoms with Gasteiger partial charge < -0.3 is 5.11 Å². The maximum atomic E-state index is 10.8. The Morgan fingerprint density at radius 3 is 2.53 bits per heavy atom. The van der Waals surface area contributed by atoms with Crippen LogP contribution in [0.15, 0.2) is 41.8 Å². The van der Waals surface area contributed by atoms with E-state index in [2.05, 4.69) is 11.4 Å². The number of rotatable bonds is 4. The lowest BCUT2D eigenvalue weighted by Crippen LogP contribution is -2.07. The van der Waals surface area contributed by atoms with Crippen LogP contribution in [0.2, 0.25) is 0 Å². The van der Waals surface area contributed by atoms with Gasteiger partial charge in [0.2, 0.25) is 0 Å². The van der Waals surface area contributed by atoms with Gasteiger partial charge in [0.25, 0.3) is 0 Å². The molecule has 2 aromatic rings. The molecule has 1 aromatic heterocycles. The van der Waals surface area contributed by atoms with E-state index in [1.165, 1.54) is 10.4 Å². The zero-order valence-electron chi connectivity index (χ0n) is 9.59. The second-order valence-corrected chi connectivity index (χ2v) is 5.09. The van der Waals surface area contributed by atoms with Gasteiger partial charge in [-0.05, 0) is 29.5 Å². The van der Waals surface area contributed by atoms with Crippen LogP contribution in [0.25, 0.3) is 0 Å². The predicted molar refractivity (Wildman–Crippen MR) is 69.6 cm³/mol. The van der Waals surface area contributed by atoms with Gasteiger partial charge in [0.15, 0.2) is 0 Å². The van der Waals surface area contributed by atoms with E-state index < -0.39 is 11.9 Å². The van der Waals surface area contributed by atoms with Crippen LogP contribution < -0.4 is 0 Å². The molecule has 1 aromatic carbocycles. The Labute approximate surface area is 105 Å². The lowest BCUT2D eigenvalue weighted by atomic mass is 9.99. The third kappa shape index (κ3) is 2.94. The molecule has 0 radical (unpaired) electrons. The summed E-state index contributed by atoms with van der Waals surface area (Å²) in [4.78, 5) is 12.2. The molecule has 0 saturated carbocycles. The number of benzene rings is 1. The van der Waals surface area contributed by atoms with Gasteiger partial charge in [-0.25, -0.2) is 0 Å². The number of carboxylic acids is 1. The zero-order chi connectivity index (χ0) is 12.3. The Hall–Kier alpha value is -1.61. The molecule has 0 aliphatic rings. The third-order valence-corrected chi connectivity index (χ3v) is 3.68. The highest BCUT2D eigenvalue weighted by molar-refractivity contribution is 7.09. The highest BCUT2D eigenvalue weighted by atomic mass is 32.1. The average molecular weight is 246 g/mol. The highest BCUT2D eigenvalue weighted by Crippen LogP contribution is 2.19. The fraction of sp³-hybridized carbons (Fsp3) is 0.214. The summed E-state index contributed by atoms with van der Waals surface area (Å²) < 4.78 is 0. The van der Waals surface area contributed by atoms with Gasteiger partial charge in [-0.3, -0.25) is 4.79 Å². The summed E-state index contributed by atoms with van der Waals surface area (Å²) in [6.45, 7) is 1.70. The Morgan fingerprint density at radius 2 is 2.00 bits per heavy atom. The van der Waals surface area contributed by atoms with Gasteiger partial charge in [-0.15, -0.1) is 11.3 Å². The third-order valence-electron chi connectivity index (χ3n) is 2.81. The largest absolute Gasteiger partial charge is 0.481 e. The topological polar surface area (TPSA) is 37.3 Å². The van der Waals surface area contributed by atoms with Gasteiger partial charge in [0, 0.05) is 11.3 Å². The monoisotopic (exact) mass is 246 g/mol. The first-order chi connectivity index (χ1) is 8.16. The fourth-order valence-corrected chi connectivity index (χ4v) is 2.42. The summed E-state index contributed by atoms with van der Waals surface area (Å²) in [6.07, 6.45) is 0.916. The Bertz CT molecular complexity index is 485. The van der Waals surface area contributed by atoms with Crippen LogP contribution in [0.1, 0.15) is 28.8 Å². The van der Waals surface area contributed by atoms with E-state index >= 15 is 0 Å². The van der Waals surface area contributed by atoms with Gasteiger partial charge in [0.05, 0.1) is 5.92 Å². The van der Waals surface area contributed by atoms with E-state index in [1.807, 2.05) is 30.3 Å². The molecule has 0 saturated heterocycles. The van der Waals surface area contributed by atoms with Crippen molar-refractivity contribution >= 4 is 17.3 Å². The predicted octanol–water partition coefficient (Wildman–Crippen LogP) is 3.53. The minimum atomic E-state index is -0.781. The molecule has 2 nitrogen and oxygen atoms in total.